The first-order valence-corrected chi connectivity index (χ1v) is 15.6. The Morgan fingerprint density at radius 3 is 0.953 bits per heavy atom. The van der Waals surface area contributed by atoms with Gasteiger partial charge in [0.1, 0.15) is 11.5 Å². The Balaban J connectivity index is 1.89. The lowest BCUT2D eigenvalue weighted by Crippen LogP contribution is -2.19. The predicted molar refractivity (Wildman–Crippen MR) is 185 cm³/mol. The summed E-state index contributed by atoms with van der Waals surface area (Å²) in [7, 11) is 0. The molecule has 0 bridgehead atoms. The van der Waals surface area contributed by atoms with Crippen LogP contribution in [0.25, 0.3) is 22.3 Å². The molecule has 0 atom stereocenters. The molecule has 0 saturated carbocycles. The minimum Gasteiger partial charge on any atom is -0.507 e. The van der Waals surface area contributed by atoms with Crippen LogP contribution in [0.3, 0.4) is 0 Å². The highest BCUT2D eigenvalue weighted by atomic mass is 16.3. The summed E-state index contributed by atoms with van der Waals surface area (Å²) in [5, 5.41) is 22.5. The summed E-state index contributed by atoms with van der Waals surface area (Å²) < 4.78 is 0. The second-order valence-electron chi connectivity index (χ2n) is 16.3. The largest absolute Gasteiger partial charge is 0.507 e. The molecular formula is C41H52O2. The van der Waals surface area contributed by atoms with Gasteiger partial charge in [0.2, 0.25) is 0 Å². The summed E-state index contributed by atoms with van der Waals surface area (Å²) in [6.07, 6.45) is 0.686. The van der Waals surface area contributed by atoms with E-state index in [4.69, 9.17) is 0 Å². The minimum absolute atomic E-state index is 0.0872. The summed E-state index contributed by atoms with van der Waals surface area (Å²) in [5.41, 5.74) is 10.8. The smallest absolute Gasteiger partial charge is 0.123 e. The maximum Gasteiger partial charge on any atom is 0.123 e. The van der Waals surface area contributed by atoms with Crippen molar-refractivity contribution in [3.63, 3.8) is 0 Å². The van der Waals surface area contributed by atoms with Gasteiger partial charge in [0, 0.05) is 11.1 Å². The Morgan fingerprint density at radius 2 is 0.698 bits per heavy atom. The first kappa shape index (κ1) is 32.4. The molecule has 0 aliphatic rings. The molecule has 2 heteroatoms. The standard InChI is InChI=1S/C41H52O2/c1-38(2,3)30-15-13-16-31(39(4,5)6)36(30)28-24-26(19-21-34(28)42)23-27-20-22-35(43)29(25-27)37-32(40(7,8)9)17-14-18-33(37)41(10,11)12/h13-22,24-25,42-43H,23H2,1-12H3. The van der Waals surface area contributed by atoms with Crippen molar-refractivity contribution in [2.75, 3.05) is 0 Å². The van der Waals surface area contributed by atoms with Gasteiger partial charge in [0.05, 0.1) is 0 Å². The van der Waals surface area contributed by atoms with Gasteiger partial charge in [-0.1, -0.05) is 132 Å². The molecule has 0 spiro atoms. The average Bonchev–Trinajstić information content (AvgIpc) is 2.88. The van der Waals surface area contributed by atoms with Crippen molar-refractivity contribution in [1.29, 1.82) is 0 Å². The number of hydrogen-bond acceptors (Lipinski definition) is 2. The molecule has 0 fully saturated rings. The number of hydrogen-bond donors (Lipinski definition) is 2. The van der Waals surface area contributed by atoms with E-state index in [1.165, 1.54) is 22.3 Å². The fraction of sp³-hybridized carbons (Fsp3) is 0.415. The lowest BCUT2D eigenvalue weighted by molar-refractivity contribution is 0.476. The van der Waals surface area contributed by atoms with Crippen LogP contribution in [-0.2, 0) is 28.1 Å². The molecule has 2 N–H and O–H groups in total. The fourth-order valence-corrected chi connectivity index (χ4v) is 6.21. The van der Waals surface area contributed by atoms with Crippen LogP contribution in [0.4, 0.5) is 0 Å². The molecule has 0 aromatic heterocycles. The maximum absolute atomic E-state index is 11.2. The van der Waals surface area contributed by atoms with E-state index >= 15 is 0 Å². The molecule has 0 aliphatic carbocycles. The Hall–Kier alpha value is -3.52. The van der Waals surface area contributed by atoms with E-state index in [1.54, 1.807) is 0 Å². The van der Waals surface area contributed by atoms with Crippen LogP contribution in [0.1, 0.15) is 116 Å². The third-order valence-electron chi connectivity index (χ3n) is 8.43. The van der Waals surface area contributed by atoms with Crippen molar-refractivity contribution in [2.45, 2.75) is 111 Å². The van der Waals surface area contributed by atoms with Gasteiger partial charge >= 0.3 is 0 Å². The van der Waals surface area contributed by atoms with Crippen molar-refractivity contribution in [3.8, 4) is 33.8 Å². The molecular weight excluding hydrogens is 524 g/mol. The predicted octanol–water partition coefficient (Wildman–Crippen LogP) is 11.2. The van der Waals surface area contributed by atoms with Crippen molar-refractivity contribution in [3.05, 3.63) is 106 Å². The van der Waals surface area contributed by atoms with E-state index in [0.717, 1.165) is 33.4 Å². The molecule has 43 heavy (non-hydrogen) atoms. The van der Waals surface area contributed by atoms with Gasteiger partial charge in [-0.2, -0.15) is 0 Å². The van der Waals surface area contributed by atoms with Gasteiger partial charge in [-0.15, -0.1) is 0 Å². The zero-order chi connectivity index (χ0) is 32.1. The minimum atomic E-state index is -0.0872. The average molecular weight is 577 g/mol. The SMILES string of the molecule is CC(C)(C)c1cccc(C(C)(C)C)c1-c1cc(Cc2ccc(O)c(-c3c(C(C)(C)C)cccc3C(C)(C)C)c2)ccc1O. The second-order valence-corrected chi connectivity index (χ2v) is 16.3. The zero-order valence-electron chi connectivity index (χ0n) is 28.5. The van der Waals surface area contributed by atoms with E-state index in [9.17, 15) is 10.2 Å². The highest BCUT2D eigenvalue weighted by Gasteiger charge is 2.29. The summed E-state index contributed by atoms with van der Waals surface area (Å²) >= 11 is 0. The molecule has 0 amide bonds. The van der Waals surface area contributed by atoms with Gasteiger partial charge in [-0.25, -0.2) is 0 Å². The fourth-order valence-electron chi connectivity index (χ4n) is 6.21. The Labute approximate surface area is 260 Å². The van der Waals surface area contributed by atoms with Crippen LogP contribution in [0.5, 0.6) is 11.5 Å². The Morgan fingerprint density at radius 1 is 0.419 bits per heavy atom. The molecule has 0 unspecified atom stereocenters. The van der Waals surface area contributed by atoms with Crippen LogP contribution < -0.4 is 0 Å². The molecule has 4 aromatic carbocycles. The summed E-state index contributed by atoms with van der Waals surface area (Å²) in [5.74, 6) is 0.595. The molecule has 2 nitrogen and oxygen atoms in total. The van der Waals surface area contributed by atoms with E-state index in [-0.39, 0.29) is 21.7 Å². The quantitative estimate of drug-likeness (QED) is 0.254. The number of rotatable bonds is 4. The lowest BCUT2D eigenvalue weighted by Gasteiger charge is -2.31. The second kappa shape index (κ2) is 11.2. The van der Waals surface area contributed by atoms with Crippen LogP contribution in [0.2, 0.25) is 0 Å². The van der Waals surface area contributed by atoms with E-state index in [0.29, 0.717) is 17.9 Å². The van der Waals surface area contributed by atoms with E-state index in [1.807, 2.05) is 24.3 Å². The first-order chi connectivity index (χ1) is 19.7. The highest BCUT2D eigenvalue weighted by Crippen LogP contribution is 2.46. The van der Waals surface area contributed by atoms with Crippen molar-refractivity contribution >= 4 is 0 Å². The number of phenols is 2. The highest BCUT2D eigenvalue weighted by molar-refractivity contribution is 5.80. The number of benzene rings is 4. The van der Waals surface area contributed by atoms with Crippen LogP contribution in [0.15, 0.2) is 72.8 Å². The Kier molecular flexibility index (Phi) is 8.44. The Bertz CT molecular complexity index is 1440. The van der Waals surface area contributed by atoms with Gasteiger partial charge in [-0.05, 0) is 96.9 Å². The van der Waals surface area contributed by atoms with Gasteiger partial charge in [-0.3, -0.25) is 0 Å². The van der Waals surface area contributed by atoms with Gasteiger partial charge < -0.3 is 10.2 Å². The molecule has 228 valence electrons. The number of phenolic OH excluding ortho intramolecular Hbond substituents is 2. The summed E-state index contributed by atoms with van der Waals surface area (Å²) in [6, 6.07) is 25.1. The van der Waals surface area contributed by atoms with E-state index in [2.05, 4.69) is 132 Å². The monoisotopic (exact) mass is 576 g/mol. The maximum atomic E-state index is 11.2. The molecule has 0 radical (unpaired) electrons. The van der Waals surface area contributed by atoms with Crippen LogP contribution in [0, 0.1) is 0 Å². The third kappa shape index (κ3) is 6.85. The summed E-state index contributed by atoms with van der Waals surface area (Å²) in [6.45, 7) is 26.8. The topological polar surface area (TPSA) is 40.5 Å². The van der Waals surface area contributed by atoms with Crippen molar-refractivity contribution in [1.82, 2.24) is 0 Å². The van der Waals surface area contributed by atoms with Gasteiger partial charge in [0.15, 0.2) is 0 Å². The third-order valence-corrected chi connectivity index (χ3v) is 8.43. The molecule has 4 rings (SSSR count). The molecule has 4 aromatic rings. The molecule has 0 saturated heterocycles. The van der Waals surface area contributed by atoms with Crippen molar-refractivity contribution < 1.29 is 10.2 Å². The normalized spacial score (nSPS) is 12.9. The van der Waals surface area contributed by atoms with Crippen LogP contribution in [-0.4, -0.2) is 10.2 Å². The van der Waals surface area contributed by atoms with E-state index < -0.39 is 0 Å². The lowest BCUT2D eigenvalue weighted by atomic mass is 9.74. The summed E-state index contributed by atoms with van der Waals surface area (Å²) in [4.78, 5) is 0. The first-order valence-electron chi connectivity index (χ1n) is 15.6. The molecule has 0 heterocycles. The zero-order valence-corrected chi connectivity index (χ0v) is 28.5. The number of aromatic hydroxyl groups is 2. The van der Waals surface area contributed by atoms with Crippen molar-refractivity contribution in [2.24, 2.45) is 0 Å². The van der Waals surface area contributed by atoms with Crippen LogP contribution >= 0.6 is 0 Å². The molecule has 0 aliphatic heterocycles. The van der Waals surface area contributed by atoms with Gasteiger partial charge in [0.25, 0.3) is 0 Å².